The average Bonchev–Trinajstić information content (AvgIpc) is 2.71. The molecule has 2 aromatic rings. The van der Waals surface area contributed by atoms with Crippen molar-refractivity contribution in [3.05, 3.63) is 54.1 Å². The van der Waals surface area contributed by atoms with E-state index in [9.17, 15) is 4.79 Å². The van der Waals surface area contributed by atoms with Crippen molar-refractivity contribution in [2.45, 2.75) is 13.5 Å². The molecule has 1 aliphatic rings. The van der Waals surface area contributed by atoms with Crippen LogP contribution in [-0.4, -0.2) is 57.3 Å². The number of nitrogens with zero attached hydrogens (tertiary/aromatic N) is 2. The molecule has 1 aliphatic heterocycles. The van der Waals surface area contributed by atoms with E-state index in [-0.39, 0.29) is 5.91 Å². The van der Waals surface area contributed by atoms with Crippen LogP contribution in [0.4, 0.5) is 11.4 Å². The Morgan fingerprint density at radius 2 is 1.79 bits per heavy atom. The van der Waals surface area contributed by atoms with E-state index in [1.165, 1.54) is 0 Å². The molecule has 6 heteroatoms. The van der Waals surface area contributed by atoms with Crippen LogP contribution >= 0.6 is 0 Å². The first-order valence-corrected chi connectivity index (χ1v) is 9.77. The molecule has 150 valence electrons. The zero-order valence-corrected chi connectivity index (χ0v) is 16.7. The molecule has 3 rings (SSSR count). The van der Waals surface area contributed by atoms with Gasteiger partial charge in [-0.2, -0.15) is 0 Å². The van der Waals surface area contributed by atoms with E-state index in [1.807, 2.05) is 67.4 Å². The highest BCUT2D eigenvalue weighted by Gasteiger charge is 2.12. The van der Waals surface area contributed by atoms with Gasteiger partial charge in [-0.15, -0.1) is 0 Å². The van der Waals surface area contributed by atoms with Gasteiger partial charge in [0.05, 0.1) is 26.4 Å². The molecule has 2 aromatic carbocycles. The Morgan fingerprint density at radius 3 is 2.43 bits per heavy atom. The smallest absolute Gasteiger partial charge is 0.238 e. The van der Waals surface area contributed by atoms with Crippen molar-refractivity contribution < 1.29 is 14.3 Å². The van der Waals surface area contributed by atoms with Crippen LogP contribution in [0, 0.1) is 0 Å². The molecule has 0 unspecified atom stereocenters. The lowest BCUT2D eigenvalue weighted by atomic mass is 10.2. The molecular formula is C22H29N3O3. The van der Waals surface area contributed by atoms with Gasteiger partial charge in [-0.05, 0) is 55.9 Å². The van der Waals surface area contributed by atoms with Gasteiger partial charge in [-0.25, -0.2) is 0 Å². The van der Waals surface area contributed by atoms with Gasteiger partial charge in [0.2, 0.25) is 5.91 Å². The summed E-state index contributed by atoms with van der Waals surface area (Å²) in [5.41, 5.74) is 3.12. The predicted octanol–water partition coefficient (Wildman–Crippen LogP) is 2.99. The molecule has 0 atom stereocenters. The number of ether oxygens (including phenoxy) is 2. The number of rotatable bonds is 8. The van der Waals surface area contributed by atoms with Crippen LogP contribution in [0.5, 0.6) is 5.75 Å². The maximum absolute atomic E-state index is 12.3. The quantitative estimate of drug-likeness (QED) is 0.760. The van der Waals surface area contributed by atoms with Crippen molar-refractivity contribution in [3.8, 4) is 5.75 Å². The van der Waals surface area contributed by atoms with Gasteiger partial charge >= 0.3 is 0 Å². The van der Waals surface area contributed by atoms with Gasteiger partial charge in [0.15, 0.2) is 0 Å². The van der Waals surface area contributed by atoms with Crippen LogP contribution in [-0.2, 0) is 16.1 Å². The highest BCUT2D eigenvalue weighted by atomic mass is 16.5. The SMILES string of the molecule is CCOc1ccc(CN(C)CC(=O)Nc2ccc(N3CCOCC3)cc2)cc1. The Kier molecular flexibility index (Phi) is 7.28. The largest absolute Gasteiger partial charge is 0.494 e. The van der Waals surface area contributed by atoms with Crippen LogP contribution in [0.1, 0.15) is 12.5 Å². The molecular weight excluding hydrogens is 354 g/mol. The second-order valence-electron chi connectivity index (χ2n) is 6.94. The molecule has 0 spiro atoms. The molecule has 1 saturated heterocycles. The number of likely N-dealkylation sites (N-methyl/N-ethyl adjacent to an activating group) is 1. The van der Waals surface area contributed by atoms with Crippen LogP contribution in [0.3, 0.4) is 0 Å². The predicted molar refractivity (Wildman–Crippen MR) is 112 cm³/mol. The molecule has 0 saturated carbocycles. The standard InChI is InChI=1S/C22H29N3O3/c1-3-28-21-10-4-18(5-11-21)16-24(2)17-22(26)23-19-6-8-20(9-7-19)25-12-14-27-15-13-25/h4-11H,3,12-17H2,1-2H3,(H,23,26). The average molecular weight is 383 g/mol. The van der Waals surface area contributed by atoms with E-state index in [4.69, 9.17) is 9.47 Å². The number of benzene rings is 2. The highest BCUT2D eigenvalue weighted by molar-refractivity contribution is 5.92. The van der Waals surface area contributed by atoms with Gasteiger partial charge in [-0.3, -0.25) is 9.69 Å². The van der Waals surface area contributed by atoms with Gasteiger partial charge in [0, 0.05) is 31.0 Å². The lowest BCUT2D eigenvalue weighted by Crippen LogP contribution is -2.36. The summed E-state index contributed by atoms with van der Waals surface area (Å²) >= 11 is 0. The maximum atomic E-state index is 12.3. The minimum Gasteiger partial charge on any atom is -0.494 e. The van der Waals surface area contributed by atoms with Gasteiger partial charge in [0.1, 0.15) is 5.75 Å². The van der Waals surface area contributed by atoms with Crippen LogP contribution < -0.4 is 15.0 Å². The summed E-state index contributed by atoms with van der Waals surface area (Å²) in [4.78, 5) is 16.6. The van der Waals surface area contributed by atoms with Crippen molar-refractivity contribution in [2.75, 3.05) is 56.7 Å². The summed E-state index contributed by atoms with van der Waals surface area (Å²) in [5.74, 6) is 0.847. The van der Waals surface area contributed by atoms with E-state index in [0.29, 0.717) is 19.7 Å². The van der Waals surface area contributed by atoms with Crippen molar-refractivity contribution in [1.29, 1.82) is 0 Å². The third-order valence-corrected chi connectivity index (χ3v) is 4.63. The summed E-state index contributed by atoms with van der Waals surface area (Å²) in [7, 11) is 1.94. The summed E-state index contributed by atoms with van der Waals surface area (Å²) in [6.07, 6.45) is 0. The second-order valence-corrected chi connectivity index (χ2v) is 6.94. The third-order valence-electron chi connectivity index (χ3n) is 4.63. The molecule has 1 fully saturated rings. The Labute approximate surface area is 167 Å². The van der Waals surface area contributed by atoms with Crippen molar-refractivity contribution in [1.82, 2.24) is 4.90 Å². The molecule has 6 nitrogen and oxygen atoms in total. The van der Waals surface area contributed by atoms with E-state index in [1.54, 1.807) is 0 Å². The fourth-order valence-electron chi connectivity index (χ4n) is 3.25. The third kappa shape index (κ3) is 5.97. The number of hydrogen-bond donors (Lipinski definition) is 1. The zero-order chi connectivity index (χ0) is 19.8. The number of morpholine rings is 1. The van der Waals surface area contributed by atoms with E-state index >= 15 is 0 Å². The fraction of sp³-hybridized carbons (Fsp3) is 0.409. The fourth-order valence-corrected chi connectivity index (χ4v) is 3.25. The molecule has 0 aromatic heterocycles. The van der Waals surface area contributed by atoms with Crippen LogP contribution in [0.2, 0.25) is 0 Å². The molecule has 0 radical (unpaired) electrons. The lowest BCUT2D eigenvalue weighted by Gasteiger charge is -2.28. The Hall–Kier alpha value is -2.57. The molecule has 0 bridgehead atoms. The highest BCUT2D eigenvalue weighted by Crippen LogP contribution is 2.19. The normalized spacial score (nSPS) is 14.2. The van der Waals surface area contributed by atoms with Crippen LogP contribution in [0.25, 0.3) is 0 Å². The Morgan fingerprint density at radius 1 is 1.11 bits per heavy atom. The topological polar surface area (TPSA) is 54.0 Å². The maximum Gasteiger partial charge on any atom is 0.238 e. The van der Waals surface area contributed by atoms with E-state index < -0.39 is 0 Å². The number of anilines is 2. The molecule has 1 heterocycles. The summed E-state index contributed by atoms with van der Waals surface area (Å²) in [6.45, 7) is 7.00. The summed E-state index contributed by atoms with van der Waals surface area (Å²) in [6, 6.07) is 16.0. The van der Waals surface area contributed by atoms with Crippen LogP contribution in [0.15, 0.2) is 48.5 Å². The lowest BCUT2D eigenvalue weighted by molar-refractivity contribution is -0.117. The number of hydrogen-bond acceptors (Lipinski definition) is 5. The first-order chi connectivity index (χ1) is 13.6. The van der Waals surface area contributed by atoms with Gasteiger partial charge in [-0.1, -0.05) is 12.1 Å². The van der Waals surface area contributed by atoms with Crippen molar-refractivity contribution in [3.63, 3.8) is 0 Å². The van der Waals surface area contributed by atoms with E-state index in [0.717, 1.165) is 49.0 Å². The first-order valence-electron chi connectivity index (χ1n) is 9.77. The van der Waals surface area contributed by atoms with Gasteiger partial charge in [0.25, 0.3) is 0 Å². The summed E-state index contributed by atoms with van der Waals surface area (Å²) in [5, 5.41) is 2.97. The number of carbonyl (C=O) groups is 1. The minimum absolute atomic E-state index is 0.0208. The number of amides is 1. The van der Waals surface area contributed by atoms with E-state index in [2.05, 4.69) is 10.2 Å². The first kappa shape index (κ1) is 20.2. The number of nitrogens with one attached hydrogen (secondary N) is 1. The zero-order valence-electron chi connectivity index (χ0n) is 16.7. The summed E-state index contributed by atoms with van der Waals surface area (Å²) < 4.78 is 10.8. The van der Waals surface area contributed by atoms with Crippen molar-refractivity contribution >= 4 is 17.3 Å². The monoisotopic (exact) mass is 383 g/mol. The number of carbonyl (C=O) groups excluding carboxylic acids is 1. The van der Waals surface area contributed by atoms with Gasteiger partial charge < -0.3 is 19.7 Å². The van der Waals surface area contributed by atoms with Crippen molar-refractivity contribution in [2.24, 2.45) is 0 Å². The Balaban J connectivity index is 1.46. The minimum atomic E-state index is -0.0208. The molecule has 1 N–H and O–H groups in total. The second kappa shape index (κ2) is 10.1. The molecule has 1 amide bonds. The molecule has 28 heavy (non-hydrogen) atoms. The molecule has 0 aliphatic carbocycles. The Bertz CT molecular complexity index is 741.